The highest BCUT2D eigenvalue weighted by atomic mass is 32.1. The molecule has 3 aromatic heterocycles. The van der Waals surface area contributed by atoms with E-state index in [9.17, 15) is 0 Å². The van der Waals surface area contributed by atoms with Crippen LogP contribution in [0.5, 0.6) is 0 Å². The molecule has 0 atom stereocenters. The Morgan fingerprint density at radius 2 is 0.979 bits per heavy atom. The van der Waals surface area contributed by atoms with Gasteiger partial charge in [-0.2, -0.15) is 0 Å². The molecule has 10 rings (SSSR count). The van der Waals surface area contributed by atoms with Gasteiger partial charge in [-0.15, -0.1) is 11.3 Å². The fourth-order valence-corrected chi connectivity index (χ4v) is 8.55. The van der Waals surface area contributed by atoms with E-state index in [0.717, 1.165) is 33.1 Å². The van der Waals surface area contributed by atoms with Crippen molar-refractivity contribution >= 4 is 80.8 Å². The number of aromatic nitrogens is 2. The highest BCUT2D eigenvalue weighted by molar-refractivity contribution is 7.25. The normalized spacial score (nSPS) is 11.8. The second kappa shape index (κ2) is 9.92. The molecule has 218 valence electrons. The molecule has 0 amide bonds. The molecular formula is C43H25N3S. The predicted molar refractivity (Wildman–Crippen MR) is 200 cm³/mol. The summed E-state index contributed by atoms with van der Waals surface area (Å²) in [5.41, 5.74) is 9.88. The fraction of sp³-hybridized carbons (Fsp3) is 0. The topological polar surface area (TPSA) is 14.2 Å². The SMILES string of the molecule is [C-]#[N+]c1cccc2c1c1ccccc1n2-c1cccc(-c2ccc3sc4ccc(-n5c6ccccc6c6ccccc65)cc4c3c2)c1. The van der Waals surface area contributed by atoms with Crippen molar-refractivity contribution in [3.05, 3.63) is 163 Å². The summed E-state index contributed by atoms with van der Waals surface area (Å²) in [6.45, 7) is 7.81. The molecule has 0 aliphatic heterocycles. The van der Waals surface area contributed by atoms with Crippen molar-refractivity contribution in [2.75, 3.05) is 0 Å². The highest BCUT2D eigenvalue weighted by Gasteiger charge is 2.17. The van der Waals surface area contributed by atoms with Crippen molar-refractivity contribution in [1.82, 2.24) is 9.13 Å². The Labute approximate surface area is 274 Å². The molecule has 47 heavy (non-hydrogen) atoms. The summed E-state index contributed by atoms with van der Waals surface area (Å²) in [6.07, 6.45) is 0. The maximum absolute atomic E-state index is 7.81. The lowest BCUT2D eigenvalue weighted by Gasteiger charge is -2.11. The van der Waals surface area contributed by atoms with Gasteiger partial charge in [0.25, 0.3) is 0 Å². The Bertz CT molecular complexity index is 2880. The van der Waals surface area contributed by atoms with Crippen LogP contribution in [0.1, 0.15) is 0 Å². The lowest BCUT2D eigenvalue weighted by Crippen LogP contribution is -1.94. The molecular weight excluding hydrogens is 591 g/mol. The Hall–Kier alpha value is -6.15. The van der Waals surface area contributed by atoms with E-state index in [4.69, 9.17) is 6.57 Å². The second-order valence-corrected chi connectivity index (χ2v) is 13.1. The van der Waals surface area contributed by atoms with Gasteiger partial charge < -0.3 is 9.13 Å². The van der Waals surface area contributed by atoms with Gasteiger partial charge in [0, 0.05) is 53.2 Å². The van der Waals surface area contributed by atoms with Gasteiger partial charge in [-0.3, -0.25) is 0 Å². The average molecular weight is 616 g/mol. The molecule has 0 aliphatic rings. The summed E-state index contributed by atoms with van der Waals surface area (Å²) in [4.78, 5) is 3.86. The number of fused-ring (bicyclic) bond motifs is 9. The smallest absolute Gasteiger partial charge is 0.197 e. The molecule has 0 saturated heterocycles. The lowest BCUT2D eigenvalue weighted by molar-refractivity contribution is 1.18. The minimum absolute atomic E-state index is 0.684. The first-order valence-corrected chi connectivity index (χ1v) is 16.5. The van der Waals surface area contributed by atoms with Crippen LogP contribution in [0.4, 0.5) is 5.69 Å². The zero-order valence-corrected chi connectivity index (χ0v) is 26.0. The van der Waals surface area contributed by atoms with Crippen molar-refractivity contribution in [2.45, 2.75) is 0 Å². The van der Waals surface area contributed by atoms with Crippen LogP contribution in [-0.2, 0) is 0 Å². The Kier molecular flexibility index (Phi) is 5.51. The third-order valence-corrected chi connectivity index (χ3v) is 10.7. The molecule has 0 unspecified atom stereocenters. The van der Waals surface area contributed by atoms with Crippen LogP contribution in [0, 0.1) is 6.57 Å². The van der Waals surface area contributed by atoms with Gasteiger partial charge in [0.1, 0.15) is 0 Å². The first-order valence-electron chi connectivity index (χ1n) is 15.7. The summed E-state index contributed by atoms with van der Waals surface area (Å²) in [7, 11) is 0. The number of hydrogen-bond donors (Lipinski definition) is 0. The van der Waals surface area contributed by atoms with Gasteiger partial charge in [0.15, 0.2) is 5.69 Å². The Balaban J connectivity index is 1.15. The van der Waals surface area contributed by atoms with Crippen LogP contribution in [0.15, 0.2) is 152 Å². The molecule has 0 bridgehead atoms. The molecule has 0 spiro atoms. The van der Waals surface area contributed by atoms with E-state index >= 15 is 0 Å². The minimum Gasteiger partial charge on any atom is -0.311 e. The van der Waals surface area contributed by atoms with E-state index in [-0.39, 0.29) is 0 Å². The van der Waals surface area contributed by atoms with Crippen LogP contribution in [0.3, 0.4) is 0 Å². The van der Waals surface area contributed by atoms with Crippen molar-refractivity contribution in [2.24, 2.45) is 0 Å². The first-order chi connectivity index (χ1) is 23.3. The van der Waals surface area contributed by atoms with Crippen molar-refractivity contribution in [3.63, 3.8) is 0 Å². The van der Waals surface area contributed by atoms with Gasteiger partial charge in [0.05, 0.1) is 23.1 Å². The fourth-order valence-electron chi connectivity index (χ4n) is 7.48. The van der Waals surface area contributed by atoms with E-state index in [1.54, 1.807) is 0 Å². The summed E-state index contributed by atoms with van der Waals surface area (Å²) < 4.78 is 7.26. The van der Waals surface area contributed by atoms with Crippen LogP contribution in [0.2, 0.25) is 0 Å². The molecule has 3 nitrogen and oxygen atoms in total. The van der Waals surface area contributed by atoms with Crippen LogP contribution >= 0.6 is 11.3 Å². The predicted octanol–water partition coefficient (Wildman–Crippen LogP) is 12.5. The molecule has 10 aromatic rings. The second-order valence-electron chi connectivity index (χ2n) is 12.0. The zero-order valence-electron chi connectivity index (χ0n) is 25.2. The van der Waals surface area contributed by atoms with E-state index in [1.165, 1.54) is 53.2 Å². The largest absolute Gasteiger partial charge is 0.311 e. The zero-order chi connectivity index (χ0) is 31.1. The average Bonchev–Trinajstić information content (AvgIpc) is 3.79. The van der Waals surface area contributed by atoms with Gasteiger partial charge in [0.2, 0.25) is 0 Å². The van der Waals surface area contributed by atoms with Gasteiger partial charge >= 0.3 is 0 Å². The molecule has 0 fully saturated rings. The summed E-state index contributed by atoms with van der Waals surface area (Å²) in [5.74, 6) is 0. The molecule has 3 heterocycles. The minimum atomic E-state index is 0.684. The van der Waals surface area contributed by atoms with E-state index in [2.05, 4.69) is 154 Å². The van der Waals surface area contributed by atoms with E-state index in [1.807, 2.05) is 23.5 Å². The third kappa shape index (κ3) is 3.78. The quantitative estimate of drug-likeness (QED) is 0.176. The van der Waals surface area contributed by atoms with E-state index < -0.39 is 0 Å². The number of thiophene rings is 1. The molecule has 7 aromatic carbocycles. The van der Waals surface area contributed by atoms with Crippen molar-refractivity contribution in [3.8, 4) is 22.5 Å². The standard InChI is InChI=1S/C43H25N3S/c1-44-36-15-9-19-40-43(36)33-14-4-7-18-39(33)46(40)29-11-8-10-27(24-29)28-20-22-41-34(25-28)35-26-30(21-23-42(35)47-41)45-37-16-5-2-12-31(37)32-13-3-6-17-38(32)45/h2-26H. The Morgan fingerprint density at radius 1 is 0.426 bits per heavy atom. The Morgan fingerprint density at radius 3 is 1.72 bits per heavy atom. The highest BCUT2D eigenvalue weighted by Crippen LogP contribution is 2.41. The number of benzene rings is 7. The number of hydrogen-bond acceptors (Lipinski definition) is 1. The molecule has 4 heteroatoms. The number of rotatable bonds is 3. The van der Waals surface area contributed by atoms with Gasteiger partial charge in [-0.25, -0.2) is 4.85 Å². The van der Waals surface area contributed by atoms with Gasteiger partial charge in [-0.05, 0) is 83.2 Å². The summed E-state index contributed by atoms with van der Waals surface area (Å²) in [5, 5.41) is 7.20. The van der Waals surface area contributed by atoms with Crippen LogP contribution in [0.25, 0.3) is 91.1 Å². The van der Waals surface area contributed by atoms with Crippen LogP contribution < -0.4 is 0 Å². The maximum Gasteiger partial charge on any atom is 0.197 e. The summed E-state index contributed by atoms with van der Waals surface area (Å²) >= 11 is 1.85. The monoisotopic (exact) mass is 615 g/mol. The maximum atomic E-state index is 7.81. The van der Waals surface area contributed by atoms with E-state index in [0.29, 0.717) is 5.69 Å². The lowest BCUT2D eigenvalue weighted by atomic mass is 10.0. The third-order valence-electron chi connectivity index (χ3n) is 9.52. The number of para-hydroxylation sites is 3. The molecule has 0 aliphatic carbocycles. The van der Waals surface area contributed by atoms with Crippen molar-refractivity contribution < 1.29 is 0 Å². The molecule has 0 N–H and O–H groups in total. The van der Waals surface area contributed by atoms with Crippen LogP contribution in [-0.4, -0.2) is 9.13 Å². The molecule has 0 radical (unpaired) electrons. The summed E-state index contributed by atoms with van der Waals surface area (Å²) in [6, 6.07) is 54.3. The number of nitrogens with zero attached hydrogens (tertiary/aromatic N) is 3. The van der Waals surface area contributed by atoms with Gasteiger partial charge in [-0.1, -0.05) is 84.9 Å². The first kappa shape index (κ1) is 26.1. The van der Waals surface area contributed by atoms with Crippen molar-refractivity contribution in [1.29, 1.82) is 0 Å². The molecule has 0 saturated carbocycles.